The number of aromatic nitrogens is 2. The maximum absolute atomic E-state index is 13.2. The van der Waals surface area contributed by atoms with E-state index < -0.39 is 0 Å². The Morgan fingerprint density at radius 2 is 1.76 bits per heavy atom. The van der Waals surface area contributed by atoms with Crippen LogP contribution in [-0.4, -0.2) is 9.97 Å². The van der Waals surface area contributed by atoms with Crippen molar-refractivity contribution in [3.63, 3.8) is 0 Å². The minimum absolute atomic E-state index is 0.197. The summed E-state index contributed by atoms with van der Waals surface area (Å²) in [5, 5.41) is 4.47. The van der Waals surface area contributed by atoms with E-state index in [2.05, 4.69) is 39.6 Å². The molecule has 0 radical (unpaired) electrons. The number of hydrogen-bond acceptors (Lipinski definition) is 2. The van der Waals surface area contributed by atoms with Crippen molar-refractivity contribution < 1.29 is 4.39 Å². The monoisotopic (exact) mass is 331 g/mol. The normalized spacial score (nSPS) is 11.1. The molecule has 0 aliphatic rings. The van der Waals surface area contributed by atoms with Gasteiger partial charge in [0.1, 0.15) is 11.5 Å². The zero-order chi connectivity index (χ0) is 17.1. The Bertz CT molecular complexity index is 989. The Kier molecular flexibility index (Phi) is 4.27. The van der Waals surface area contributed by atoms with E-state index in [1.54, 1.807) is 12.1 Å². The standard InChI is InChI=1S/C21H18FN3/c22-18-3-1-2-16(12-18)14-23-13-15-4-6-17(7-5-15)19-8-10-24-21-20(19)9-11-25-21/h1-12,23H,13-14H2,(H,24,25). The van der Waals surface area contributed by atoms with Gasteiger partial charge in [-0.2, -0.15) is 0 Å². The highest BCUT2D eigenvalue weighted by Gasteiger charge is 2.05. The number of benzene rings is 2. The Morgan fingerprint density at radius 1 is 0.920 bits per heavy atom. The maximum atomic E-state index is 13.2. The van der Waals surface area contributed by atoms with E-state index in [1.807, 2.05) is 30.6 Å². The molecule has 2 N–H and O–H groups in total. The first-order chi connectivity index (χ1) is 12.3. The van der Waals surface area contributed by atoms with Crippen LogP contribution < -0.4 is 5.32 Å². The van der Waals surface area contributed by atoms with Gasteiger partial charge in [-0.1, -0.05) is 36.4 Å². The van der Waals surface area contributed by atoms with Crippen molar-refractivity contribution in [1.82, 2.24) is 15.3 Å². The van der Waals surface area contributed by atoms with E-state index in [0.717, 1.165) is 23.1 Å². The van der Waals surface area contributed by atoms with Gasteiger partial charge in [-0.25, -0.2) is 9.37 Å². The van der Waals surface area contributed by atoms with Gasteiger partial charge < -0.3 is 10.3 Å². The second-order valence-corrected chi connectivity index (χ2v) is 6.03. The van der Waals surface area contributed by atoms with Crippen LogP contribution in [0, 0.1) is 5.82 Å². The Balaban J connectivity index is 1.44. The molecule has 0 amide bonds. The van der Waals surface area contributed by atoms with Crippen molar-refractivity contribution in [3.05, 3.63) is 90.0 Å². The quantitative estimate of drug-likeness (QED) is 0.558. The lowest BCUT2D eigenvalue weighted by atomic mass is 10.0. The van der Waals surface area contributed by atoms with Crippen LogP contribution in [0.4, 0.5) is 4.39 Å². The SMILES string of the molecule is Fc1cccc(CNCc2ccc(-c3ccnc4[nH]ccc34)cc2)c1. The number of aromatic amines is 1. The molecule has 0 aliphatic carbocycles. The average Bonchev–Trinajstić information content (AvgIpc) is 3.11. The first kappa shape index (κ1) is 15.5. The number of nitrogens with one attached hydrogen (secondary N) is 2. The summed E-state index contributed by atoms with van der Waals surface area (Å²) in [6, 6.07) is 19.2. The largest absolute Gasteiger partial charge is 0.346 e. The fraction of sp³-hybridized carbons (Fsp3) is 0.0952. The third-order valence-corrected chi connectivity index (χ3v) is 4.27. The minimum Gasteiger partial charge on any atom is -0.346 e. The first-order valence-corrected chi connectivity index (χ1v) is 8.26. The van der Waals surface area contributed by atoms with Crippen LogP contribution in [0.25, 0.3) is 22.2 Å². The van der Waals surface area contributed by atoms with Gasteiger partial charge in [0, 0.05) is 30.9 Å². The second-order valence-electron chi connectivity index (χ2n) is 6.03. The van der Waals surface area contributed by atoms with Crippen LogP contribution in [0.1, 0.15) is 11.1 Å². The van der Waals surface area contributed by atoms with Crippen molar-refractivity contribution in [2.75, 3.05) is 0 Å². The van der Waals surface area contributed by atoms with Crippen LogP contribution in [0.2, 0.25) is 0 Å². The molecular formula is C21H18FN3. The molecule has 2 heterocycles. The summed E-state index contributed by atoms with van der Waals surface area (Å²) in [4.78, 5) is 7.47. The van der Waals surface area contributed by atoms with E-state index in [9.17, 15) is 4.39 Å². The molecule has 0 fully saturated rings. The van der Waals surface area contributed by atoms with Gasteiger partial charge in [0.2, 0.25) is 0 Å². The minimum atomic E-state index is -0.197. The number of rotatable bonds is 5. The number of nitrogens with zero attached hydrogens (tertiary/aromatic N) is 1. The van der Waals surface area contributed by atoms with Gasteiger partial charge in [-0.05, 0) is 46.5 Å². The number of fused-ring (bicyclic) bond motifs is 1. The van der Waals surface area contributed by atoms with Gasteiger partial charge >= 0.3 is 0 Å². The Labute approximate surface area is 145 Å². The van der Waals surface area contributed by atoms with Crippen molar-refractivity contribution >= 4 is 11.0 Å². The van der Waals surface area contributed by atoms with E-state index in [-0.39, 0.29) is 5.82 Å². The van der Waals surface area contributed by atoms with Crippen LogP contribution in [-0.2, 0) is 13.1 Å². The van der Waals surface area contributed by atoms with Crippen LogP contribution in [0.5, 0.6) is 0 Å². The molecule has 0 spiro atoms. The van der Waals surface area contributed by atoms with Gasteiger partial charge in [0.25, 0.3) is 0 Å². The number of pyridine rings is 1. The fourth-order valence-electron chi connectivity index (χ4n) is 3.01. The van der Waals surface area contributed by atoms with Crippen molar-refractivity contribution in [2.45, 2.75) is 13.1 Å². The molecule has 25 heavy (non-hydrogen) atoms. The fourth-order valence-corrected chi connectivity index (χ4v) is 3.01. The second kappa shape index (κ2) is 6.87. The zero-order valence-electron chi connectivity index (χ0n) is 13.7. The van der Waals surface area contributed by atoms with Crippen molar-refractivity contribution in [1.29, 1.82) is 0 Å². The van der Waals surface area contributed by atoms with Crippen LogP contribution >= 0.6 is 0 Å². The summed E-state index contributed by atoms with van der Waals surface area (Å²) in [5.74, 6) is -0.197. The summed E-state index contributed by atoms with van der Waals surface area (Å²) in [5.41, 5.74) is 5.38. The maximum Gasteiger partial charge on any atom is 0.137 e. The molecule has 0 atom stereocenters. The van der Waals surface area contributed by atoms with Gasteiger partial charge in [-0.15, -0.1) is 0 Å². The highest BCUT2D eigenvalue weighted by Crippen LogP contribution is 2.27. The lowest BCUT2D eigenvalue weighted by Gasteiger charge is -2.08. The lowest BCUT2D eigenvalue weighted by Crippen LogP contribution is -2.12. The average molecular weight is 331 g/mol. The molecule has 4 aromatic rings. The molecule has 0 saturated heterocycles. The molecule has 3 nitrogen and oxygen atoms in total. The summed E-state index contributed by atoms with van der Waals surface area (Å²) < 4.78 is 13.2. The summed E-state index contributed by atoms with van der Waals surface area (Å²) in [7, 11) is 0. The third-order valence-electron chi connectivity index (χ3n) is 4.27. The smallest absolute Gasteiger partial charge is 0.137 e. The third kappa shape index (κ3) is 3.44. The van der Waals surface area contributed by atoms with E-state index in [4.69, 9.17) is 0 Å². The molecule has 2 aromatic carbocycles. The topological polar surface area (TPSA) is 40.7 Å². The summed E-state index contributed by atoms with van der Waals surface area (Å²) in [6.07, 6.45) is 3.73. The number of H-pyrrole nitrogens is 1. The van der Waals surface area contributed by atoms with E-state index in [0.29, 0.717) is 6.54 Å². The summed E-state index contributed by atoms with van der Waals surface area (Å²) in [6.45, 7) is 1.39. The van der Waals surface area contributed by atoms with Crippen LogP contribution in [0.3, 0.4) is 0 Å². The molecule has 4 rings (SSSR count). The highest BCUT2D eigenvalue weighted by molar-refractivity contribution is 5.92. The lowest BCUT2D eigenvalue weighted by molar-refractivity contribution is 0.620. The van der Waals surface area contributed by atoms with E-state index >= 15 is 0 Å². The molecule has 124 valence electrons. The molecule has 2 aromatic heterocycles. The molecule has 0 saturated carbocycles. The predicted octanol–water partition coefficient (Wildman–Crippen LogP) is 4.66. The Hall–Kier alpha value is -2.98. The first-order valence-electron chi connectivity index (χ1n) is 8.26. The van der Waals surface area contributed by atoms with E-state index in [1.165, 1.54) is 22.8 Å². The molecular weight excluding hydrogens is 313 g/mol. The van der Waals surface area contributed by atoms with Crippen molar-refractivity contribution in [3.8, 4) is 11.1 Å². The van der Waals surface area contributed by atoms with Crippen molar-refractivity contribution in [2.24, 2.45) is 0 Å². The summed E-state index contributed by atoms with van der Waals surface area (Å²) >= 11 is 0. The highest BCUT2D eigenvalue weighted by atomic mass is 19.1. The van der Waals surface area contributed by atoms with Gasteiger partial charge in [0.05, 0.1) is 0 Å². The molecule has 0 aliphatic heterocycles. The molecule has 0 bridgehead atoms. The zero-order valence-corrected chi connectivity index (χ0v) is 13.7. The van der Waals surface area contributed by atoms with Gasteiger partial charge in [-0.3, -0.25) is 0 Å². The molecule has 0 unspecified atom stereocenters. The van der Waals surface area contributed by atoms with Gasteiger partial charge in [0.15, 0.2) is 0 Å². The van der Waals surface area contributed by atoms with Crippen LogP contribution in [0.15, 0.2) is 73.1 Å². The Morgan fingerprint density at radius 3 is 2.60 bits per heavy atom. The predicted molar refractivity (Wildman–Crippen MR) is 98.5 cm³/mol. The number of halogens is 1. The number of hydrogen-bond donors (Lipinski definition) is 2. The molecule has 4 heteroatoms.